The first-order chi connectivity index (χ1) is 13.7. The Morgan fingerprint density at radius 2 is 1.89 bits per heavy atom. The molecule has 0 fully saturated rings. The van der Waals surface area contributed by atoms with Crippen molar-refractivity contribution >= 4 is 22.9 Å². The van der Waals surface area contributed by atoms with E-state index in [-0.39, 0.29) is 11.8 Å². The van der Waals surface area contributed by atoms with E-state index in [1.54, 1.807) is 4.68 Å². The molecule has 1 amide bonds. The van der Waals surface area contributed by atoms with Gasteiger partial charge in [0.15, 0.2) is 0 Å². The number of amides is 1. The van der Waals surface area contributed by atoms with Gasteiger partial charge < -0.3 is 0 Å². The zero-order chi connectivity index (χ0) is 19.1. The predicted octanol–water partition coefficient (Wildman–Crippen LogP) is 2.90. The highest BCUT2D eigenvalue weighted by Gasteiger charge is 2.29. The van der Waals surface area contributed by atoms with Gasteiger partial charge >= 0.3 is 0 Å². The number of nitrogens with one attached hydrogen (secondary N) is 1. The number of anilines is 1. The standard InChI is InChI=1S/C21H20N6O/c1-26-19-13-14(11-12-17(19)24-25-26)20(28)23-21-22-16-9-5-6-10-18(16)27(21)15-7-3-2-4-8-15/h2-10,14H,11-13H2,1H3,(H,22,23,28)/t14-/m1/s1. The molecule has 0 aliphatic heterocycles. The van der Waals surface area contributed by atoms with Gasteiger partial charge in [0.1, 0.15) is 0 Å². The Kier molecular flexibility index (Phi) is 3.93. The molecule has 0 radical (unpaired) electrons. The molecule has 2 heterocycles. The van der Waals surface area contributed by atoms with Gasteiger partial charge in [-0.2, -0.15) is 0 Å². The molecule has 1 aliphatic rings. The molecule has 0 saturated heterocycles. The van der Waals surface area contributed by atoms with Crippen LogP contribution in [0.3, 0.4) is 0 Å². The zero-order valence-corrected chi connectivity index (χ0v) is 15.5. The number of hydrogen-bond donors (Lipinski definition) is 1. The van der Waals surface area contributed by atoms with Crippen molar-refractivity contribution in [1.29, 1.82) is 0 Å². The van der Waals surface area contributed by atoms with Crippen LogP contribution in [0.2, 0.25) is 0 Å². The molecule has 5 rings (SSSR count). The predicted molar refractivity (Wildman–Crippen MR) is 106 cm³/mol. The molecule has 1 atom stereocenters. The monoisotopic (exact) mass is 372 g/mol. The smallest absolute Gasteiger partial charge is 0.230 e. The summed E-state index contributed by atoms with van der Waals surface area (Å²) in [6.45, 7) is 0. The maximum Gasteiger partial charge on any atom is 0.230 e. The van der Waals surface area contributed by atoms with Crippen LogP contribution in [0.15, 0.2) is 54.6 Å². The van der Waals surface area contributed by atoms with Crippen molar-refractivity contribution in [2.45, 2.75) is 19.3 Å². The van der Waals surface area contributed by atoms with Crippen molar-refractivity contribution in [1.82, 2.24) is 24.5 Å². The molecular weight excluding hydrogens is 352 g/mol. The van der Waals surface area contributed by atoms with Gasteiger partial charge in [0, 0.05) is 25.1 Å². The number of rotatable bonds is 3. The Morgan fingerprint density at radius 1 is 1.11 bits per heavy atom. The maximum absolute atomic E-state index is 13.1. The van der Waals surface area contributed by atoms with Gasteiger partial charge in [0.25, 0.3) is 0 Å². The number of carbonyl (C=O) groups excluding carboxylic acids is 1. The molecule has 140 valence electrons. The number of carbonyl (C=O) groups is 1. The number of fused-ring (bicyclic) bond motifs is 2. The molecule has 28 heavy (non-hydrogen) atoms. The second kappa shape index (κ2) is 6.60. The lowest BCUT2D eigenvalue weighted by molar-refractivity contribution is -0.120. The SMILES string of the molecule is Cn1nnc2c1C[C@H](C(=O)Nc1nc3ccccc3n1-c1ccccc1)CC2. The highest BCUT2D eigenvalue weighted by atomic mass is 16.2. The number of para-hydroxylation sites is 3. The average Bonchev–Trinajstić information content (AvgIpc) is 3.28. The molecule has 7 heteroatoms. The van der Waals surface area contributed by atoms with Gasteiger partial charge in [-0.15, -0.1) is 5.10 Å². The minimum atomic E-state index is -0.117. The Morgan fingerprint density at radius 3 is 2.75 bits per heavy atom. The lowest BCUT2D eigenvalue weighted by Gasteiger charge is -2.21. The fourth-order valence-electron chi connectivity index (χ4n) is 3.89. The number of imidazole rings is 1. The van der Waals surface area contributed by atoms with Crippen molar-refractivity contribution in [3.63, 3.8) is 0 Å². The topological polar surface area (TPSA) is 77.6 Å². The van der Waals surface area contributed by atoms with E-state index in [1.165, 1.54) is 0 Å². The molecule has 0 unspecified atom stereocenters. The van der Waals surface area contributed by atoms with E-state index in [0.29, 0.717) is 12.4 Å². The quantitative estimate of drug-likeness (QED) is 0.600. The summed E-state index contributed by atoms with van der Waals surface area (Å²) < 4.78 is 3.76. The molecular formula is C21H20N6O. The summed E-state index contributed by atoms with van der Waals surface area (Å²) in [6.07, 6.45) is 2.19. The molecule has 2 aromatic carbocycles. The number of hydrogen-bond acceptors (Lipinski definition) is 4. The van der Waals surface area contributed by atoms with Crippen molar-refractivity contribution in [2.75, 3.05) is 5.32 Å². The summed E-state index contributed by atoms with van der Waals surface area (Å²) in [7, 11) is 1.88. The van der Waals surface area contributed by atoms with Crippen LogP contribution in [0, 0.1) is 5.92 Å². The van der Waals surface area contributed by atoms with Crippen LogP contribution >= 0.6 is 0 Å². The van der Waals surface area contributed by atoms with E-state index in [0.717, 1.165) is 41.0 Å². The summed E-state index contributed by atoms with van der Waals surface area (Å²) in [5.74, 6) is 0.416. The molecule has 4 aromatic rings. The van der Waals surface area contributed by atoms with Crippen LogP contribution in [-0.2, 0) is 24.7 Å². The van der Waals surface area contributed by atoms with Crippen LogP contribution in [-0.4, -0.2) is 30.5 Å². The minimum Gasteiger partial charge on any atom is -0.295 e. The van der Waals surface area contributed by atoms with E-state index in [2.05, 4.69) is 20.6 Å². The number of aromatic nitrogens is 5. The molecule has 0 spiro atoms. The molecule has 7 nitrogen and oxygen atoms in total. The lowest BCUT2D eigenvalue weighted by atomic mass is 9.89. The first-order valence-corrected chi connectivity index (χ1v) is 9.42. The van der Waals surface area contributed by atoms with Crippen molar-refractivity contribution in [2.24, 2.45) is 13.0 Å². The fraction of sp³-hybridized carbons (Fsp3) is 0.238. The van der Waals surface area contributed by atoms with Crippen LogP contribution in [0.4, 0.5) is 5.95 Å². The van der Waals surface area contributed by atoms with Gasteiger partial charge in [0.2, 0.25) is 11.9 Å². The van der Waals surface area contributed by atoms with Gasteiger partial charge in [-0.05, 0) is 37.1 Å². The second-order valence-electron chi connectivity index (χ2n) is 7.13. The number of benzene rings is 2. The first kappa shape index (κ1) is 16.7. The fourth-order valence-corrected chi connectivity index (χ4v) is 3.89. The molecule has 0 saturated carbocycles. The lowest BCUT2D eigenvalue weighted by Crippen LogP contribution is -2.30. The maximum atomic E-state index is 13.1. The molecule has 2 aromatic heterocycles. The van der Waals surface area contributed by atoms with Crippen molar-refractivity contribution < 1.29 is 4.79 Å². The second-order valence-corrected chi connectivity index (χ2v) is 7.13. The summed E-state index contributed by atoms with van der Waals surface area (Å²) in [4.78, 5) is 17.7. The van der Waals surface area contributed by atoms with Crippen molar-refractivity contribution in [3.8, 4) is 5.69 Å². The van der Waals surface area contributed by atoms with Gasteiger partial charge in [0.05, 0.1) is 22.4 Å². The molecule has 0 bridgehead atoms. The summed E-state index contributed by atoms with van der Waals surface area (Å²) in [5.41, 5.74) is 4.83. The van der Waals surface area contributed by atoms with Crippen LogP contribution in [0.25, 0.3) is 16.7 Å². The molecule has 1 N–H and O–H groups in total. The number of nitrogens with zero attached hydrogens (tertiary/aromatic N) is 5. The van der Waals surface area contributed by atoms with E-state index in [4.69, 9.17) is 0 Å². The van der Waals surface area contributed by atoms with E-state index < -0.39 is 0 Å². The third kappa shape index (κ3) is 2.76. The third-order valence-corrected chi connectivity index (χ3v) is 5.37. The zero-order valence-electron chi connectivity index (χ0n) is 15.5. The minimum absolute atomic E-state index is 0.0145. The summed E-state index contributed by atoms with van der Waals surface area (Å²) in [6, 6.07) is 17.9. The van der Waals surface area contributed by atoms with Crippen LogP contribution in [0.1, 0.15) is 17.8 Å². The highest BCUT2D eigenvalue weighted by molar-refractivity contribution is 5.94. The van der Waals surface area contributed by atoms with Gasteiger partial charge in [-0.25, -0.2) is 4.98 Å². The van der Waals surface area contributed by atoms with Crippen LogP contribution < -0.4 is 5.32 Å². The molecule has 1 aliphatic carbocycles. The average molecular weight is 372 g/mol. The first-order valence-electron chi connectivity index (χ1n) is 9.42. The largest absolute Gasteiger partial charge is 0.295 e. The summed E-state index contributed by atoms with van der Waals surface area (Å²) in [5, 5.41) is 11.3. The number of aryl methyl sites for hydroxylation is 2. The van der Waals surface area contributed by atoms with E-state index in [1.807, 2.05) is 66.2 Å². The summed E-state index contributed by atoms with van der Waals surface area (Å²) >= 11 is 0. The normalized spacial score (nSPS) is 16.1. The van der Waals surface area contributed by atoms with E-state index in [9.17, 15) is 4.79 Å². The van der Waals surface area contributed by atoms with Gasteiger partial charge in [-0.3, -0.25) is 19.4 Å². The van der Waals surface area contributed by atoms with E-state index >= 15 is 0 Å². The van der Waals surface area contributed by atoms with Crippen molar-refractivity contribution in [3.05, 3.63) is 66.0 Å². The highest BCUT2D eigenvalue weighted by Crippen LogP contribution is 2.27. The Hall–Kier alpha value is -3.48. The Bertz CT molecular complexity index is 1160. The van der Waals surface area contributed by atoms with Gasteiger partial charge in [-0.1, -0.05) is 35.5 Å². The Labute approximate surface area is 162 Å². The Balaban J connectivity index is 1.49. The third-order valence-electron chi connectivity index (χ3n) is 5.37. The van der Waals surface area contributed by atoms with Crippen LogP contribution in [0.5, 0.6) is 0 Å².